The van der Waals surface area contributed by atoms with Crippen LogP contribution in [0.25, 0.3) is 11.1 Å². The number of rotatable bonds is 6. The third kappa shape index (κ3) is 4.49. The second kappa shape index (κ2) is 9.25. The molecule has 7 heteroatoms. The zero-order valence-corrected chi connectivity index (χ0v) is 19.3. The van der Waals surface area contributed by atoms with E-state index in [1.165, 1.54) is 23.3 Å². The van der Waals surface area contributed by atoms with E-state index in [0.717, 1.165) is 16.7 Å². The van der Waals surface area contributed by atoms with Crippen LogP contribution in [0.2, 0.25) is 0 Å². The number of carbonyl (C=O) groups excluding carboxylic acids is 2. The van der Waals surface area contributed by atoms with Crippen molar-refractivity contribution in [1.29, 1.82) is 0 Å². The van der Waals surface area contributed by atoms with Gasteiger partial charge in [0, 0.05) is 23.6 Å². The Morgan fingerprint density at radius 2 is 1.57 bits per heavy atom. The monoisotopic (exact) mass is 470 g/mol. The standard InChI is InChI=1S/C28H26N2O5/c1-16-10-11-17(27(32)33)14-25(16)30-26(31)18-12-19(13-18)29-28(34)35-15-24-22-8-4-2-6-20(22)21-7-3-5-9-23(21)24/h2-11,14,18-19,24H,12-13,15H2,1H3,(H,29,34)(H,30,31)(H,32,33). The number of fused-ring (bicyclic) bond motifs is 3. The molecule has 0 radical (unpaired) electrons. The summed E-state index contributed by atoms with van der Waals surface area (Å²) in [7, 11) is 0. The SMILES string of the molecule is Cc1ccc(C(=O)O)cc1NC(=O)C1CC(NC(=O)OCC2c3ccccc3-c3ccccc32)C1. The second-order valence-electron chi connectivity index (χ2n) is 9.16. The molecule has 2 aliphatic rings. The fourth-order valence-electron chi connectivity index (χ4n) is 4.88. The van der Waals surface area contributed by atoms with E-state index in [9.17, 15) is 14.4 Å². The number of hydrogen-bond donors (Lipinski definition) is 3. The summed E-state index contributed by atoms with van der Waals surface area (Å²) in [5, 5.41) is 14.8. The van der Waals surface area contributed by atoms with Gasteiger partial charge < -0.3 is 20.5 Å². The lowest BCUT2D eigenvalue weighted by molar-refractivity contribution is -0.122. The van der Waals surface area contributed by atoms with Gasteiger partial charge in [-0.05, 0) is 59.7 Å². The molecule has 7 nitrogen and oxygen atoms in total. The van der Waals surface area contributed by atoms with E-state index in [1.807, 2.05) is 31.2 Å². The molecule has 5 rings (SSSR count). The number of hydrogen-bond acceptors (Lipinski definition) is 4. The van der Waals surface area contributed by atoms with E-state index in [1.54, 1.807) is 6.07 Å². The van der Waals surface area contributed by atoms with Gasteiger partial charge in [-0.3, -0.25) is 4.79 Å². The molecule has 0 unspecified atom stereocenters. The van der Waals surface area contributed by atoms with Crippen molar-refractivity contribution < 1.29 is 24.2 Å². The first-order chi connectivity index (χ1) is 16.9. The van der Waals surface area contributed by atoms with Crippen LogP contribution in [0.4, 0.5) is 10.5 Å². The number of nitrogens with one attached hydrogen (secondary N) is 2. The maximum absolute atomic E-state index is 12.6. The normalized spacial score (nSPS) is 18.1. The minimum atomic E-state index is -1.04. The molecule has 1 fully saturated rings. The van der Waals surface area contributed by atoms with Crippen molar-refractivity contribution in [3.63, 3.8) is 0 Å². The van der Waals surface area contributed by atoms with E-state index in [2.05, 4.69) is 34.9 Å². The first kappa shape index (κ1) is 22.7. The van der Waals surface area contributed by atoms with Gasteiger partial charge in [-0.1, -0.05) is 54.6 Å². The molecular formula is C28H26N2O5. The van der Waals surface area contributed by atoms with Gasteiger partial charge in [-0.2, -0.15) is 0 Å². The summed E-state index contributed by atoms with van der Waals surface area (Å²) >= 11 is 0. The largest absolute Gasteiger partial charge is 0.478 e. The van der Waals surface area contributed by atoms with Gasteiger partial charge in [-0.25, -0.2) is 9.59 Å². The van der Waals surface area contributed by atoms with Crippen molar-refractivity contribution in [3.05, 3.63) is 89.0 Å². The molecule has 178 valence electrons. The van der Waals surface area contributed by atoms with Crippen LogP contribution >= 0.6 is 0 Å². The number of aromatic carboxylic acids is 1. The third-order valence-electron chi connectivity index (χ3n) is 6.92. The Kier molecular flexibility index (Phi) is 5.99. The Morgan fingerprint density at radius 1 is 0.943 bits per heavy atom. The Balaban J connectivity index is 1.12. The maximum Gasteiger partial charge on any atom is 0.407 e. The van der Waals surface area contributed by atoms with Crippen LogP contribution in [0.5, 0.6) is 0 Å². The minimum Gasteiger partial charge on any atom is -0.478 e. The molecule has 3 aromatic rings. The number of amides is 2. The average molecular weight is 471 g/mol. The fourth-order valence-corrected chi connectivity index (χ4v) is 4.88. The number of benzene rings is 3. The summed E-state index contributed by atoms with van der Waals surface area (Å²) in [6.07, 6.45) is 0.530. The number of carbonyl (C=O) groups is 3. The van der Waals surface area contributed by atoms with Crippen LogP contribution in [0.15, 0.2) is 66.7 Å². The first-order valence-corrected chi connectivity index (χ1v) is 11.7. The zero-order valence-electron chi connectivity index (χ0n) is 19.3. The third-order valence-corrected chi connectivity index (χ3v) is 6.92. The van der Waals surface area contributed by atoms with Gasteiger partial charge in [0.15, 0.2) is 0 Å². The number of aryl methyl sites for hydroxylation is 1. The topological polar surface area (TPSA) is 105 Å². The van der Waals surface area contributed by atoms with E-state index in [-0.39, 0.29) is 36.0 Å². The number of carboxylic acid groups (broad SMARTS) is 1. The highest BCUT2D eigenvalue weighted by Gasteiger charge is 2.36. The molecule has 0 spiro atoms. The highest BCUT2D eigenvalue weighted by atomic mass is 16.5. The van der Waals surface area contributed by atoms with Gasteiger partial charge in [0.25, 0.3) is 0 Å². The van der Waals surface area contributed by atoms with Crippen LogP contribution in [-0.4, -0.2) is 35.7 Å². The van der Waals surface area contributed by atoms with E-state index < -0.39 is 12.1 Å². The van der Waals surface area contributed by atoms with E-state index in [4.69, 9.17) is 9.84 Å². The van der Waals surface area contributed by atoms with Crippen molar-refractivity contribution in [2.45, 2.75) is 31.7 Å². The van der Waals surface area contributed by atoms with Crippen LogP contribution in [-0.2, 0) is 9.53 Å². The molecule has 0 aromatic heterocycles. The Labute approximate surface area is 203 Å². The predicted molar refractivity (Wildman–Crippen MR) is 131 cm³/mol. The number of anilines is 1. The molecule has 35 heavy (non-hydrogen) atoms. The number of ether oxygens (including phenoxy) is 1. The summed E-state index contributed by atoms with van der Waals surface area (Å²) in [5.41, 5.74) is 6.06. The van der Waals surface area contributed by atoms with Crippen molar-refractivity contribution in [3.8, 4) is 11.1 Å². The quantitative estimate of drug-likeness (QED) is 0.473. The molecule has 1 saturated carbocycles. The molecule has 0 heterocycles. The number of alkyl carbamates (subject to hydrolysis) is 1. The van der Waals surface area contributed by atoms with Crippen molar-refractivity contribution >= 4 is 23.7 Å². The zero-order chi connectivity index (χ0) is 24.5. The lowest BCUT2D eigenvalue weighted by atomic mass is 9.79. The molecule has 2 aliphatic carbocycles. The average Bonchev–Trinajstić information content (AvgIpc) is 3.14. The Bertz CT molecular complexity index is 1270. The molecule has 2 amide bonds. The molecular weight excluding hydrogens is 444 g/mol. The lowest BCUT2D eigenvalue weighted by Crippen LogP contribution is -2.48. The Hall–Kier alpha value is -4.13. The summed E-state index contributed by atoms with van der Waals surface area (Å²) in [6.45, 7) is 2.05. The van der Waals surface area contributed by atoms with Crippen molar-refractivity contribution in [1.82, 2.24) is 5.32 Å². The molecule has 0 saturated heterocycles. The maximum atomic E-state index is 12.6. The minimum absolute atomic E-state index is 0.00197. The Morgan fingerprint density at radius 3 is 2.20 bits per heavy atom. The smallest absolute Gasteiger partial charge is 0.407 e. The fraction of sp³-hybridized carbons (Fsp3) is 0.250. The van der Waals surface area contributed by atoms with Gasteiger partial charge >= 0.3 is 12.1 Å². The second-order valence-corrected chi connectivity index (χ2v) is 9.16. The predicted octanol–water partition coefficient (Wildman–Crippen LogP) is 4.95. The lowest BCUT2D eigenvalue weighted by Gasteiger charge is -2.34. The number of carboxylic acids is 1. The summed E-state index contributed by atoms with van der Waals surface area (Å²) < 4.78 is 5.58. The van der Waals surface area contributed by atoms with Crippen LogP contribution in [0.3, 0.4) is 0 Å². The van der Waals surface area contributed by atoms with Gasteiger partial charge in [0.05, 0.1) is 5.56 Å². The van der Waals surface area contributed by atoms with E-state index in [0.29, 0.717) is 18.5 Å². The highest BCUT2D eigenvalue weighted by molar-refractivity contribution is 5.96. The van der Waals surface area contributed by atoms with Crippen LogP contribution in [0, 0.1) is 12.8 Å². The van der Waals surface area contributed by atoms with Crippen molar-refractivity contribution in [2.75, 3.05) is 11.9 Å². The van der Waals surface area contributed by atoms with Crippen LogP contribution < -0.4 is 10.6 Å². The summed E-state index contributed by atoms with van der Waals surface area (Å²) in [4.78, 5) is 36.2. The van der Waals surface area contributed by atoms with Crippen molar-refractivity contribution in [2.24, 2.45) is 5.92 Å². The van der Waals surface area contributed by atoms with Crippen LogP contribution in [0.1, 0.15) is 45.8 Å². The first-order valence-electron chi connectivity index (χ1n) is 11.7. The molecule has 0 aliphatic heterocycles. The van der Waals surface area contributed by atoms with E-state index >= 15 is 0 Å². The molecule has 0 bridgehead atoms. The van der Waals surface area contributed by atoms with Gasteiger partial charge in [-0.15, -0.1) is 0 Å². The molecule has 3 aromatic carbocycles. The van der Waals surface area contributed by atoms with Gasteiger partial charge in [0.2, 0.25) is 5.91 Å². The summed E-state index contributed by atoms with van der Waals surface area (Å²) in [5.74, 6) is -1.47. The molecule has 0 atom stereocenters. The van der Waals surface area contributed by atoms with Gasteiger partial charge in [0.1, 0.15) is 6.61 Å². The highest BCUT2D eigenvalue weighted by Crippen LogP contribution is 2.44. The molecule has 3 N–H and O–H groups in total. The summed E-state index contributed by atoms with van der Waals surface area (Å²) in [6, 6.07) is 20.8.